The summed E-state index contributed by atoms with van der Waals surface area (Å²) in [6.45, 7) is 1.10. The predicted molar refractivity (Wildman–Crippen MR) is 49.6 cm³/mol. The maximum atomic E-state index is 8.44. The summed E-state index contributed by atoms with van der Waals surface area (Å²) in [4.78, 5) is 0. The summed E-state index contributed by atoms with van der Waals surface area (Å²) in [5, 5.41) is 17.0. The number of rotatable bonds is 6. The Morgan fingerprint density at radius 1 is 1.62 bits per heavy atom. The molecule has 1 N–H and O–H groups in total. The Morgan fingerprint density at radius 3 is 3.08 bits per heavy atom. The van der Waals surface area contributed by atoms with Crippen molar-refractivity contribution in [3.05, 3.63) is 6.33 Å². The number of thioether (sulfide) groups is 1. The highest BCUT2D eigenvalue weighted by atomic mass is 32.2. The van der Waals surface area contributed by atoms with E-state index in [1.165, 1.54) is 0 Å². The summed E-state index contributed by atoms with van der Waals surface area (Å²) in [5.41, 5.74) is 0. The molecule has 1 rings (SSSR count). The summed E-state index contributed by atoms with van der Waals surface area (Å²) in [6, 6.07) is 0. The molecule has 13 heavy (non-hydrogen) atoms. The van der Waals surface area contributed by atoms with Gasteiger partial charge in [-0.05, 0) is 0 Å². The highest BCUT2D eigenvalue weighted by Crippen LogP contribution is 2.12. The third kappa shape index (κ3) is 3.75. The van der Waals surface area contributed by atoms with E-state index in [0.29, 0.717) is 13.2 Å². The molecule has 0 spiro atoms. The van der Waals surface area contributed by atoms with E-state index in [1.807, 2.05) is 11.6 Å². The molecule has 6 heteroatoms. The van der Waals surface area contributed by atoms with Crippen LogP contribution in [0, 0.1) is 0 Å². The van der Waals surface area contributed by atoms with Gasteiger partial charge in [0.25, 0.3) is 0 Å². The first-order chi connectivity index (χ1) is 6.34. The molecule has 0 radical (unpaired) electrons. The van der Waals surface area contributed by atoms with Gasteiger partial charge < -0.3 is 14.4 Å². The molecule has 74 valence electrons. The molecule has 0 unspecified atom stereocenters. The molecule has 0 bridgehead atoms. The molecule has 0 saturated heterocycles. The van der Waals surface area contributed by atoms with Crippen LogP contribution in [0.1, 0.15) is 0 Å². The van der Waals surface area contributed by atoms with Crippen LogP contribution in [0.2, 0.25) is 0 Å². The van der Waals surface area contributed by atoms with Crippen molar-refractivity contribution in [1.29, 1.82) is 0 Å². The van der Waals surface area contributed by atoms with Gasteiger partial charge in [-0.25, -0.2) is 0 Å². The number of aliphatic hydroxyl groups is 1. The van der Waals surface area contributed by atoms with Crippen LogP contribution in [-0.4, -0.2) is 45.4 Å². The minimum Gasteiger partial charge on any atom is -0.394 e. The fourth-order valence-electron chi connectivity index (χ4n) is 0.762. The van der Waals surface area contributed by atoms with Gasteiger partial charge in [0, 0.05) is 12.8 Å². The second-order valence-electron chi connectivity index (χ2n) is 2.41. The third-order valence-corrected chi connectivity index (χ3v) is 2.36. The minimum atomic E-state index is 0.0780. The lowest BCUT2D eigenvalue weighted by molar-refractivity contribution is 0.103. The third-order valence-electron chi connectivity index (χ3n) is 1.36. The summed E-state index contributed by atoms with van der Waals surface area (Å²) in [6.07, 6.45) is 1.66. The first kappa shape index (κ1) is 10.5. The number of aryl methyl sites for hydroxylation is 1. The predicted octanol–water partition coefficient (Wildman–Crippen LogP) is -0.0839. The maximum Gasteiger partial charge on any atom is 0.190 e. The molecule has 1 aromatic heterocycles. The van der Waals surface area contributed by atoms with Crippen LogP contribution >= 0.6 is 11.8 Å². The molecule has 1 aromatic rings. The SMILES string of the molecule is Cn1cnnc1SCCOCCO. The molecular weight excluding hydrogens is 190 g/mol. The quantitative estimate of drug-likeness (QED) is 0.517. The molecule has 0 amide bonds. The van der Waals surface area contributed by atoms with Gasteiger partial charge in [-0.3, -0.25) is 0 Å². The summed E-state index contributed by atoms with van der Waals surface area (Å²) < 4.78 is 6.95. The highest BCUT2D eigenvalue weighted by molar-refractivity contribution is 7.99. The van der Waals surface area contributed by atoms with Crippen LogP contribution in [0.15, 0.2) is 11.5 Å². The minimum absolute atomic E-state index is 0.0780. The Morgan fingerprint density at radius 2 is 2.46 bits per heavy atom. The van der Waals surface area contributed by atoms with E-state index in [-0.39, 0.29) is 6.61 Å². The van der Waals surface area contributed by atoms with E-state index in [1.54, 1.807) is 18.1 Å². The van der Waals surface area contributed by atoms with Gasteiger partial charge in [0.1, 0.15) is 6.33 Å². The lowest BCUT2D eigenvalue weighted by Gasteiger charge is -2.01. The Bertz CT molecular complexity index is 241. The van der Waals surface area contributed by atoms with E-state index < -0.39 is 0 Å². The van der Waals surface area contributed by atoms with Crippen LogP contribution in [0.5, 0.6) is 0 Å². The van der Waals surface area contributed by atoms with Gasteiger partial charge in [-0.15, -0.1) is 10.2 Å². The fourth-order valence-corrected chi connectivity index (χ4v) is 1.50. The monoisotopic (exact) mass is 203 g/mol. The number of nitrogens with zero attached hydrogens (tertiary/aromatic N) is 3. The molecule has 0 aliphatic rings. The number of ether oxygens (including phenoxy) is 1. The summed E-state index contributed by atoms with van der Waals surface area (Å²) >= 11 is 1.59. The van der Waals surface area contributed by atoms with Crippen LogP contribution in [0.25, 0.3) is 0 Å². The van der Waals surface area contributed by atoms with Crippen molar-refractivity contribution in [2.75, 3.05) is 25.6 Å². The maximum absolute atomic E-state index is 8.44. The zero-order valence-electron chi connectivity index (χ0n) is 7.51. The van der Waals surface area contributed by atoms with Crippen molar-refractivity contribution in [3.63, 3.8) is 0 Å². The van der Waals surface area contributed by atoms with Gasteiger partial charge in [0.2, 0.25) is 0 Å². The van der Waals surface area contributed by atoms with Crippen molar-refractivity contribution in [1.82, 2.24) is 14.8 Å². The van der Waals surface area contributed by atoms with Crippen molar-refractivity contribution >= 4 is 11.8 Å². The van der Waals surface area contributed by atoms with E-state index in [4.69, 9.17) is 9.84 Å². The number of hydrogen-bond acceptors (Lipinski definition) is 5. The Hall–Kier alpha value is -0.590. The van der Waals surface area contributed by atoms with Crippen molar-refractivity contribution < 1.29 is 9.84 Å². The van der Waals surface area contributed by atoms with Gasteiger partial charge in [-0.1, -0.05) is 11.8 Å². The Labute approximate surface area is 81.1 Å². The lowest BCUT2D eigenvalue weighted by atomic mass is 10.7. The van der Waals surface area contributed by atoms with E-state index >= 15 is 0 Å². The van der Waals surface area contributed by atoms with E-state index in [9.17, 15) is 0 Å². The Balaban J connectivity index is 2.10. The lowest BCUT2D eigenvalue weighted by Crippen LogP contribution is -2.03. The van der Waals surface area contributed by atoms with Gasteiger partial charge in [0.15, 0.2) is 5.16 Å². The topological polar surface area (TPSA) is 60.2 Å². The summed E-state index contributed by atoms with van der Waals surface area (Å²) in [7, 11) is 1.90. The van der Waals surface area contributed by atoms with Gasteiger partial charge >= 0.3 is 0 Å². The van der Waals surface area contributed by atoms with Crippen molar-refractivity contribution in [2.24, 2.45) is 7.05 Å². The molecule has 0 aliphatic carbocycles. The van der Waals surface area contributed by atoms with Crippen LogP contribution in [0.3, 0.4) is 0 Å². The fraction of sp³-hybridized carbons (Fsp3) is 0.714. The zero-order chi connectivity index (χ0) is 9.52. The normalized spacial score (nSPS) is 10.6. The zero-order valence-corrected chi connectivity index (χ0v) is 8.33. The molecule has 1 heterocycles. The molecule has 0 fully saturated rings. The molecule has 0 saturated carbocycles. The molecule has 0 aliphatic heterocycles. The first-order valence-electron chi connectivity index (χ1n) is 4.00. The van der Waals surface area contributed by atoms with Gasteiger partial charge in [-0.2, -0.15) is 0 Å². The molecule has 0 atom stereocenters. The summed E-state index contributed by atoms with van der Waals surface area (Å²) in [5.74, 6) is 0.826. The average Bonchev–Trinajstić information content (AvgIpc) is 2.52. The first-order valence-corrected chi connectivity index (χ1v) is 4.98. The van der Waals surface area contributed by atoms with E-state index in [2.05, 4.69) is 10.2 Å². The second-order valence-corrected chi connectivity index (χ2v) is 3.47. The van der Waals surface area contributed by atoms with Crippen LogP contribution < -0.4 is 0 Å². The standard InChI is InChI=1S/C7H13N3O2S/c1-10-6-8-9-7(10)13-5-4-12-3-2-11/h6,11H,2-5H2,1H3. The van der Waals surface area contributed by atoms with Crippen molar-refractivity contribution in [3.8, 4) is 0 Å². The van der Waals surface area contributed by atoms with Crippen molar-refractivity contribution in [2.45, 2.75) is 5.16 Å². The van der Waals surface area contributed by atoms with E-state index in [0.717, 1.165) is 10.9 Å². The number of hydrogen-bond donors (Lipinski definition) is 1. The van der Waals surface area contributed by atoms with Crippen LogP contribution in [0.4, 0.5) is 0 Å². The molecular formula is C7H13N3O2S. The Kier molecular flexibility index (Phi) is 4.81. The van der Waals surface area contributed by atoms with Crippen LogP contribution in [-0.2, 0) is 11.8 Å². The molecule has 0 aromatic carbocycles. The van der Waals surface area contributed by atoms with Gasteiger partial charge in [0.05, 0.1) is 19.8 Å². The smallest absolute Gasteiger partial charge is 0.190 e. The largest absolute Gasteiger partial charge is 0.394 e. The second kappa shape index (κ2) is 5.95. The number of aromatic nitrogens is 3. The highest BCUT2D eigenvalue weighted by Gasteiger charge is 1.99. The number of aliphatic hydroxyl groups excluding tert-OH is 1. The average molecular weight is 203 g/mol. The molecule has 5 nitrogen and oxygen atoms in total.